The lowest BCUT2D eigenvalue weighted by Gasteiger charge is -2.17. The maximum atomic E-state index is 13.6. The number of aryl methyl sites for hydroxylation is 1. The van der Waals surface area contributed by atoms with E-state index in [1.807, 2.05) is 0 Å². The van der Waals surface area contributed by atoms with Gasteiger partial charge >= 0.3 is 6.18 Å². The van der Waals surface area contributed by atoms with Gasteiger partial charge in [0.1, 0.15) is 23.4 Å². The molecule has 1 N–H and O–H groups in total. The van der Waals surface area contributed by atoms with E-state index in [2.05, 4.69) is 19.9 Å². The van der Waals surface area contributed by atoms with E-state index in [0.717, 1.165) is 35.9 Å². The summed E-state index contributed by atoms with van der Waals surface area (Å²) in [6, 6.07) is 8.15. The van der Waals surface area contributed by atoms with Crippen molar-refractivity contribution in [3.8, 4) is 28.7 Å². The van der Waals surface area contributed by atoms with E-state index in [1.165, 1.54) is 24.1 Å². The highest BCUT2D eigenvalue weighted by atomic mass is 19.4. The summed E-state index contributed by atoms with van der Waals surface area (Å²) >= 11 is 0. The van der Waals surface area contributed by atoms with Crippen molar-refractivity contribution in [3.05, 3.63) is 81.9 Å². The third-order valence-electron chi connectivity index (χ3n) is 7.92. The molecule has 10 nitrogen and oxygen atoms in total. The fraction of sp³-hybridized carbons (Fsp3) is 0.375. The molecular weight excluding hydrogens is 587 g/mol. The van der Waals surface area contributed by atoms with E-state index in [1.54, 1.807) is 48.9 Å². The number of alkyl halides is 3. The largest absolute Gasteiger partial charge is 0.480 e. The van der Waals surface area contributed by atoms with Gasteiger partial charge in [0.2, 0.25) is 5.88 Å². The summed E-state index contributed by atoms with van der Waals surface area (Å²) in [5, 5.41) is 10.3. The first kappa shape index (κ1) is 30.4. The van der Waals surface area contributed by atoms with Crippen molar-refractivity contribution in [2.75, 3.05) is 13.7 Å². The van der Waals surface area contributed by atoms with E-state index < -0.39 is 11.9 Å². The Kier molecular flexibility index (Phi) is 8.12. The molecule has 1 saturated carbocycles. The van der Waals surface area contributed by atoms with Crippen LogP contribution in [0.15, 0.2) is 53.8 Å². The van der Waals surface area contributed by atoms with Crippen molar-refractivity contribution >= 4 is 11.0 Å². The zero-order chi connectivity index (χ0) is 31.9. The third kappa shape index (κ3) is 6.04. The number of imidazole rings is 1. The number of aromatic nitrogens is 7. The fourth-order valence-electron chi connectivity index (χ4n) is 5.49. The summed E-state index contributed by atoms with van der Waals surface area (Å²) in [5.41, 5.74) is 2.61. The van der Waals surface area contributed by atoms with Gasteiger partial charge < -0.3 is 14.4 Å². The van der Waals surface area contributed by atoms with Gasteiger partial charge in [-0.15, -0.1) is 0 Å². The predicted molar refractivity (Wildman–Crippen MR) is 161 cm³/mol. The van der Waals surface area contributed by atoms with Crippen LogP contribution in [-0.2, 0) is 19.1 Å². The monoisotopic (exact) mass is 619 g/mol. The van der Waals surface area contributed by atoms with Gasteiger partial charge in [-0.1, -0.05) is 12.1 Å². The summed E-state index contributed by atoms with van der Waals surface area (Å²) in [6.07, 6.45) is 2.41. The molecule has 0 radical (unpaired) electrons. The Bertz CT molecular complexity index is 1930. The van der Waals surface area contributed by atoms with Crippen molar-refractivity contribution in [1.29, 1.82) is 0 Å². The maximum absolute atomic E-state index is 13.6. The first-order valence-corrected chi connectivity index (χ1v) is 14.7. The Labute approximate surface area is 256 Å². The van der Waals surface area contributed by atoms with Crippen LogP contribution in [0.5, 0.6) is 5.88 Å². The number of rotatable bonds is 10. The molecule has 1 aromatic carbocycles. The van der Waals surface area contributed by atoms with Gasteiger partial charge in [0.15, 0.2) is 11.5 Å². The van der Waals surface area contributed by atoms with Gasteiger partial charge in [-0.3, -0.25) is 9.36 Å². The molecule has 0 saturated heterocycles. The van der Waals surface area contributed by atoms with Crippen LogP contribution in [0.4, 0.5) is 13.2 Å². The van der Waals surface area contributed by atoms with Gasteiger partial charge in [-0.05, 0) is 62.8 Å². The Morgan fingerprint density at radius 2 is 1.87 bits per heavy atom. The highest BCUT2D eigenvalue weighted by Crippen LogP contribution is 2.45. The molecule has 1 fully saturated rings. The van der Waals surface area contributed by atoms with Crippen LogP contribution in [0.3, 0.4) is 0 Å². The number of methoxy groups -OCH3 is 1. The molecule has 0 amide bonds. The SMILES string of the molecule is COc1ncnc(C2CC2)c1-c1ncc2ccc(=O)n(Cc3ccc(-c4nc(C(F)(F)F)cn4C(C)C)cc3CCCO)c2n1. The van der Waals surface area contributed by atoms with Crippen LogP contribution in [0.1, 0.15) is 67.6 Å². The second kappa shape index (κ2) is 12.0. The molecule has 13 heteroatoms. The number of fused-ring (bicyclic) bond motifs is 1. The standard InChI is InChI=1S/C32H32F3N7O3/c1-18(2)41-16-24(32(33,34)35)39-29(41)21-8-9-23(20(13-21)5-4-12-43)15-42-25(44)11-10-22-14-36-28(40-30(22)42)26-27(19-6-7-19)37-17-38-31(26)45-3/h8-11,13-14,16-19,43H,4-7,12,15H2,1-3H3. The number of hydrogen-bond acceptors (Lipinski definition) is 8. The van der Waals surface area contributed by atoms with Crippen molar-refractivity contribution in [3.63, 3.8) is 0 Å². The van der Waals surface area contributed by atoms with E-state index in [4.69, 9.17) is 9.72 Å². The summed E-state index contributed by atoms with van der Waals surface area (Å²) < 4.78 is 49.3. The minimum Gasteiger partial charge on any atom is -0.480 e. The molecule has 0 spiro atoms. The summed E-state index contributed by atoms with van der Waals surface area (Å²) in [7, 11) is 1.52. The van der Waals surface area contributed by atoms with Gasteiger partial charge in [-0.25, -0.2) is 24.9 Å². The van der Waals surface area contributed by atoms with Crippen molar-refractivity contribution in [2.24, 2.45) is 0 Å². The molecule has 234 valence electrons. The number of aliphatic hydroxyl groups is 1. The number of benzene rings is 1. The van der Waals surface area contributed by atoms with Crippen LogP contribution in [-0.4, -0.2) is 52.9 Å². The number of hydrogen-bond donors (Lipinski definition) is 1. The molecular formula is C32H32F3N7O3. The Hall–Kier alpha value is -4.65. The number of nitrogens with zero attached hydrogens (tertiary/aromatic N) is 7. The van der Waals surface area contributed by atoms with E-state index in [9.17, 15) is 23.1 Å². The quantitative estimate of drug-likeness (QED) is 0.215. The van der Waals surface area contributed by atoms with E-state index in [-0.39, 0.29) is 36.5 Å². The Balaban J connectivity index is 1.45. The molecule has 4 aromatic heterocycles. The molecule has 0 unspecified atom stereocenters. The Morgan fingerprint density at radius 3 is 2.56 bits per heavy atom. The first-order valence-electron chi connectivity index (χ1n) is 14.7. The first-order chi connectivity index (χ1) is 21.6. The molecule has 5 aromatic rings. The number of pyridine rings is 1. The molecule has 1 aliphatic carbocycles. The van der Waals surface area contributed by atoms with Crippen molar-refractivity contribution < 1.29 is 23.0 Å². The molecule has 0 aliphatic heterocycles. The molecule has 4 heterocycles. The number of halogens is 3. The zero-order valence-electron chi connectivity index (χ0n) is 25.0. The van der Waals surface area contributed by atoms with E-state index in [0.29, 0.717) is 46.7 Å². The average molecular weight is 620 g/mol. The number of aliphatic hydroxyl groups excluding tert-OH is 1. The summed E-state index contributed by atoms with van der Waals surface area (Å²) in [5.74, 6) is 1.16. The third-order valence-corrected chi connectivity index (χ3v) is 7.92. The van der Waals surface area contributed by atoms with Crippen LogP contribution in [0.2, 0.25) is 0 Å². The zero-order valence-corrected chi connectivity index (χ0v) is 25.0. The van der Waals surface area contributed by atoms with Crippen molar-refractivity contribution in [2.45, 2.75) is 64.2 Å². The maximum Gasteiger partial charge on any atom is 0.434 e. The van der Waals surface area contributed by atoms with Crippen molar-refractivity contribution in [1.82, 2.24) is 34.1 Å². The fourth-order valence-corrected chi connectivity index (χ4v) is 5.49. The van der Waals surface area contributed by atoms with Gasteiger partial charge in [-0.2, -0.15) is 13.2 Å². The lowest BCUT2D eigenvalue weighted by atomic mass is 9.99. The Morgan fingerprint density at radius 1 is 1.07 bits per heavy atom. The molecule has 0 bridgehead atoms. The normalized spacial score (nSPS) is 13.6. The second-order valence-electron chi connectivity index (χ2n) is 11.4. The van der Waals surface area contributed by atoms with Gasteiger partial charge in [0, 0.05) is 48.0 Å². The lowest BCUT2D eigenvalue weighted by Crippen LogP contribution is -2.22. The highest BCUT2D eigenvalue weighted by Gasteiger charge is 2.35. The highest BCUT2D eigenvalue weighted by molar-refractivity contribution is 5.78. The average Bonchev–Trinajstić information content (AvgIpc) is 3.77. The van der Waals surface area contributed by atoms with Crippen LogP contribution in [0.25, 0.3) is 33.8 Å². The van der Waals surface area contributed by atoms with E-state index >= 15 is 0 Å². The number of ether oxygens (including phenoxy) is 1. The molecule has 0 atom stereocenters. The second-order valence-corrected chi connectivity index (χ2v) is 11.4. The predicted octanol–water partition coefficient (Wildman–Crippen LogP) is 5.57. The van der Waals surface area contributed by atoms with Gasteiger partial charge in [0.05, 0.1) is 19.3 Å². The topological polar surface area (TPSA) is 121 Å². The summed E-state index contributed by atoms with van der Waals surface area (Å²) in [6.45, 7) is 3.65. The summed E-state index contributed by atoms with van der Waals surface area (Å²) in [4.78, 5) is 35.4. The smallest absolute Gasteiger partial charge is 0.434 e. The minimum absolute atomic E-state index is 0.0718. The molecule has 6 rings (SSSR count). The minimum atomic E-state index is -4.58. The van der Waals surface area contributed by atoms with Crippen LogP contribution >= 0.6 is 0 Å². The molecule has 1 aliphatic rings. The molecule has 45 heavy (non-hydrogen) atoms. The van der Waals surface area contributed by atoms with Gasteiger partial charge in [0.25, 0.3) is 5.56 Å². The van der Waals surface area contributed by atoms with Crippen LogP contribution < -0.4 is 10.3 Å². The lowest BCUT2D eigenvalue weighted by molar-refractivity contribution is -0.140. The van der Waals surface area contributed by atoms with Crippen LogP contribution in [0, 0.1) is 0 Å².